The van der Waals surface area contributed by atoms with Crippen molar-refractivity contribution >= 4 is 17.4 Å². The highest BCUT2D eigenvalue weighted by Crippen LogP contribution is 2.25. The first-order valence-electron chi connectivity index (χ1n) is 6.07. The van der Waals surface area contributed by atoms with Gasteiger partial charge >= 0.3 is 0 Å². The van der Waals surface area contributed by atoms with Crippen LogP contribution in [-0.2, 0) is 6.54 Å². The lowest BCUT2D eigenvalue weighted by atomic mass is 10.1. The fourth-order valence-corrected chi connectivity index (χ4v) is 2.08. The van der Waals surface area contributed by atoms with Crippen LogP contribution >= 0.6 is 11.6 Å². The van der Waals surface area contributed by atoms with Crippen LogP contribution in [0.15, 0.2) is 30.5 Å². The first-order valence-corrected chi connectivity index (χ1v) is 6.45. The molecule has 100 valence electrons. The van der Waals surface area contributed by atoms with E-state index in [0.717, 1.165) is 6.42 Å². The molecule has 0 aliphatic heterocycles. The fraction of sp³-hybridized carbons (Fsp3) is 0.286. The van der Waals surface area contributed by atoms with Gasteiger partial charge in [-0.15, -0.1) is 0 Å². The number of hydrogen-bond acceptors (Lipinski definition) is 3. The summed E-state index contributed by atoms with van der Waals surface area (Å²) in [4.78, 5) is 12.5. The summed E-state index contributed by atoms with van der Waals surface area (Å²) in [7, 11) is 1.53. The molecule has 0 fully saturated rings. The van der Waals surface area contributed by atoms with Crippen molar-refractivity contribution in [1.82, 2.24) is 9.78 Å². The molecule has 2 rings (SSSR count). The van der Waals surface area contributed by atoms with Crippen LogP contribution in [0.5, 0.6) is 5.75 Å². The van der Waals surface area contributed by atoms with Gasteiger partial charge in [0.05, 0.1) is 12.7 Å². The molecule has 0 amide bonds. The van der Waals surface area contributed by atoms with Gasteiger partial charge in [0.2, 0.25) is 5.78 Å². The van der Waals surface area contributed by atoms with Gasteiger partial charge < -0.3 is 4.74 Å². The molecule has 0 saturated carbocycles. The number of nitrogens with zero attached hydrogens (tertiary/aromatic N) is 2. The third-order valence-electron chi connectivity index (χ3n) is 2.79. The molecule has 1 aromatic carbocycles. The number of ether oxygens (including phenoxy) is 1. The highest BCUT2D eigenvalue weighted by atomic mass is 35.5. The van der Waals surface area contributed by atoms with Crippen LogP contribution in [0.25, 0.3) is 0 Å². The van der Waals surface area contributed by atoms with E-state index in [1.165, 1.54) is 7.11 Å². The van der Waals surface area contributed by atoms with E-state index >= 15 is 0 Å². The van der Waals surface area contributed by atoms with Crippen molar-refractivity contribution < 1.29 is 9.53 Å². The number of hydrogen-bond donors (Lipinski definition) is 0. The smallest absolute Gasteiger partial charge is 0.214 e. The number of benzene rings is 1. The molecular formula is C14H15ClN2O2. The van der Waals surface area contributed by atoms with Crippen molar-refractivity contribution in [2.75, 3.05) is 7.11 Å². The Morgan fingerprint density at radius 2 is 2.21 bits per heavy atom. The molecule has 0 saturated heterocycles. The van der Waals surface area contributed by atoms with Gasteiger partial charge in [-0.25, -0.2) is 0 Å². The van der Waals surface area contributed by atoms with E-state index in [4.69, 9.17) is 16.3 Å². The number of carbonyl (C=O) groups excluding carboxylic acids is 1. The summed E-state index contributed by atoms with van der Waals surface area (Å²) >= 11 is 5.95. The second-order valence-corrected chi connectivity index (χ2v) is 4.55. The maximum Gasteiger partial charge on any atom is 0.214 e. The standard InChI is InChI=1S/C14H15ClN2O2/c1-3-8-17-12(6-7-16-17)14(18)11-9-10(15)4-5-13(11)19-2/h4-7,9H,3,8H2,1-2H3. The molecule has 1 heterocycles. The number of aromatic nitrogens is 2. The number of ketones is 1. The van der Waals surface area contributed by atoms with Crippen molar-refractivity contribution in [3.8, 4) is 5.75 Å². The second kappa shape index (κ2) is 5.89. The van der Waals surface area contributed by atoms with Crippen LogP contribution in [0.4, 0.5) is 0 Å². The van der Waals surface area contributed by atoms with Gasteiger partial charge in [-0.1, -0.05) is 18.5 Å². The zero-order chi connectivity index (χ0) is 13.8. The van der Waals surface area contributed by atoms with Crippen molar-refractivity contribution in [3.05, 3.63) is 46.7 Å². The lowest BCUT2D eigenvalue weighted by Gasteiger charge is -2.09. The molecular weight excluding hydrogens is 264 g/mol. The van der Waals surface area contributed by atoms with Crippen LogP contribution < -0.4 is 4.74 Å². The van der Waals surface area contributed by atoms with E-state index in [1.54, 1.807) is 35.1 Å². The summed E-state index contributed by atoms with van der Waals surface area (Å²) in [6.07, 6.45) is 2.54. The Bertz CT molecular complexity index is 593. The zero-order valence-corrected chi connectivity index (χ0v) is 11.6. The third-order valence-corrected chi connectivity index (χ3v) is 3.03. The summed E-state index contributed by atoms with van der Waals surface area (Å²) < 4.78 is 6.91. The molecule has 0 aliphatic rings. The van der Waals surface area contributed by atoms with E-state index < -0.39 is 0 Å². The normalized spacial score (nSPS) is 10.5. The maximum atomic E-state index is 12.5. The molecule has 0 aliphatic carbocycles. The van der Waals surface area contributed by atoms with Gasteiger partial charge in [0.15, 0.2) is 0 Å². The molecule has 0 unspecified atom stereocenters. The molecule has 2 aromatic rings. The summed E-state index contributed by atoms with van der Waals surface area (Å²) in [6, 6.07) is 6.71. The number of aryl methyl sites for hydroxylation is 1. The molecule has 4 nitrogen and oxygen atoms in total. The minimum absolute atomic E-state index is 0.134. The number of halogens is 1. The topological polar surface area (TPSA) is 44.1 Å². The predicted molar refractivity (Wildman–Crippen MR) is 74.0 cm³/mol. The third kappa shape index (κ3) is 2.79. The van der Waals surface area contributed by atoms with E-state index in [-0.39, 0.29) is 5.78 Å². The van der Waals surface area contributed by atoms with E-state index in [2.05, 4.69) is 5.10 Å². The van der Waals surface area contributed by atoms with Crippen molar-refractivity contribution in [1.29, 1.82) is 0 Å². The van der Waals surface area contributed by atoms with E-state index in [1.807, 2.05) is 6.92 Å². The van der Waals surface area contributed by atoms with Crippen LogP contribution in [0.1, 0.15) is 29.4 Å². The lowest BCUT2D eigenvalue weighted by Crippen LogP contribution is -2.12. The lowest BCUT2D eigenvalue weighted by molar-refractivity contribution is 0.102. The second-order valence-electron chi connectivity index (χ2n) is 4.11. The summed E-state index contributed by atoms with van der Waals surface area (Å²) in [5.41, 5.74) is 0.996. The van der Waals surface area contributed by atoms with Crippen molar-refractivity contribution in [2.45, 2.75) is 19.9 Å². The molecule has 0 bridgehead atoms. The fourth-order valence-electron chi connectivity index (χ4n) is 1.91. The molecule has 0 N–H and O–H groups in total. The van der Waals surface area contributed by atoms with E-state index in [0.29, 0.717) is 28.6 Å². The molecule has 0 atom stereocenters. The maximum absolute atomic E-state index is 12.5. The van der Waals surface area contributed by atoms with Crippen molar-refractivity contribution in [2.24, 2.45) is 0 Å². The van der Waals surface area contributed by atoms with Gasteiger partial charge in [0, 0.05) is 17.8 Å². The zero-order valence-electron chi connectivity index (χ0n) is 10.9. The average molecular weight is 279 g/mol. The minimum atomic E-state index is -0.134. The Morgan fingerprint density at radius 1 is 1.42 bits per heavy atom. The Labute approximate surface area is 116 Å². The predicted octanol–water partition coefficient (Wildman–Crippen LogP) is 3.19. The van der Waals surface area contributed by atoms with Crippen LogP contribution in [0.3, 0.4) is 0 Å². The van der Waals surface area contributed by atoms with Crippen LogP contribution in [0, 0.1) is 0 Å². The van der Waals surface area contributed by atoms with Crippen LogP contribution in [-0.4, -0.2) is 22.7 Å². The largest absolute Gasteiger partial charge is 0.496 e. The molecule has 19 heavy (non-hydrogen) atoms. The van der Waals surface area contributed by atoms with Gasteiger partial charge in [0.25, 0.3) is 0 Å². The Kier molecular flexibility index (Phi) is 4.22. The monoisotopic (exact) mass is 278 g/mol. The summed E-state index contributed by atoms with van der Waals surface area (Å²) in [5, 5.41) is 4.66. The van der Waals surface area contributed by atoms with Gasteiger partial charge in [0.1, 0.15) is 11.4 Å². The molecule has 5 heteroatoms. The van der Waals surface area contributed by atoms with Crippen LogP contribution in [0.2, 0.25) is 5.02 Å². The van der Waals surface area contributed by atoms with E-state index in [9.17, 15) is 4.79 Å². The summed E-state index contributed by atoms with van der Waals surface area (Å²) in [5.74, 6) is 0.379. The number of methoxy groups -OCH3 is 1. The highest BCUT2D eigenvalue weighted by molar-refractivity contribution is 6.31. The Balaban J connectivity index is 2.43. The highest BCUT2D eigenvalue weighted by Gasteiger charge is 2.18. The van der Waals surface area contributed by atoms with Crippen molar-refractivity contribution in [3.63, 3.8) is 0 Å². The SMILES string of the molecule is CCCn1nccc1C(=O)c1cc(Cl)ccc1OC. The number of rotatable bonds is 5. The number of carbonyl (C=O) groups is 1. The molecule has 0 radical (unpaired) electrons. The molecule has 1 aromatic heterocycles. The average Bonchev–Trinajstić information content (AvgIpc) is 2.86. The molecule has 0 spiro atoms. The minimum Gasteiger partial charge on any atom is -0.496 e. The quantitative estimate of drug-likeness (QED) is 0.789. The van der Waals surface area contributed by atoms with Gasteiger partial charge in [-0.05, 0) is 30.7 Å². The Morgan fingerprint density at radius 3 is 2.89 bits per heavy atom. The van der Waals surface area contributed by atoms with Gasteiger partial charge in [-0.3, -0.25) is 9.48 Å². The Hall–Kier alpha value is -1.81. The first-order chi connectivity index (χ1) is 9.17. The summed E-state index contributed by atoms with van der Waals surface area (Å²) in [6.45, 7) is 2.74. The van der Waals surface area contributed by atoms with Gasteiger partial charge in [-0.2, -0.15) is 5.10 Å². The first kappa shape index (κ1) is 13.6.